The zero-order valence-corrected chi connectivity index (χ0v) is 19.0. The Kier molecular flexibility index (Phi) is 5.93. The summed E-state index contributed by atoms with van der Waals surface area (Å²) in [5.74, 6) is 0.138. The highest BCUT2D eigenvalue weighted by Crippen LogP contribution is 2.41. The summed E-state index contributed by atoms with van der Waals surface area (Å²) in [5.41, 5.74) is -1.50. The fourth-order valence-electron chi connectivity index (χ4n) is 5.45. The molecule has 6 heteroatoms. The van der Waals surface area contributed by atoms with E-state index in [1.807, 2.05) is 6.07 Å². The van der Waals surface area contributed by atoms with Gasteiger partial charge in [0.25, 0.3) is 0 Å². The van der Waals surface area contributed by atoms with E-state index in [2.05, 4.69) is 17.5 Å². The average molecular weight is 453 g/mol. The Bertz CT molecular complexity index is 1010. The van der Waals surface area contributed by atoms with Crippen molar-refractivity contribution >= 4 is 17.3 Å². The maximum Gasteiger partial charge on any atom is 0.355 e. The van der Waals surface area contributed by atoms with E-state index < -0.39 is 11.6 Å². The average Bonchev–Trinajstić information content (AvgIpc) is 3.55. The second-order valence-corrected chi connectivity index (χ2v) is 10.2. The van der Waals surface area contributed by atoms with Crippen molar-refractivity contribution in [2.75, 3.05) is 19.6 Å². The number of carbonyl (C=O) groups excluding carboxylic acids is 1. The van der Waals surface area contributed by atoms with E-state index in [0.717, 1.165) is 43.4 Å². The van der Waals surface area contributed by atoms with Gasteiger partial charge in [0.15, 0.2) is 5.76 Å². The molecule has 2 bridgehead atoms. The van der Waals surface area contributed by atoms with Crippen LogP contribution in [0, 0.1) is 5.92 Å². The zero-order chi connectivity index (χ0) is 22.0. The number of piperidine rings is 3. The van der Waals surface area contributed by atoms with Crippen LogP contribution in [0.4, 0.5) is 0 Å². The van der Waals surface area contributed by atoms with E-state index in [9.17, 15) is 9.90 Å². The van der Waals surface area contributed by atoms with Gasteiger partial charge in [-0.15, -0.1) is 11.3 Å². The number of ether oxygens (including phenoxy) is 1. The number of rotatable bonds is 8. The Hall–Kier alpha value is -2.41. The Morgan fingerprint density at radius 1 is 1.12 bits per heavy atom. The quantitative estimate of drug-likeness (QED) is 0.397. The topological polar surface area (TPSA) is 59.7 Å². The van der Waals surface area contributed by atoms with Gasteiger partial charge >= 0.3 is 5.97 Å². The van der Waals surface area contributed by atoms with Crippen LogP contribution in [0.15, 0.2) is 70.7 Å². The van der Waals surface area contributed by atoms with Crippen molar-refractivity contribution in [2.45, 2.75) is 43.9 Å². The van der Waals surface area contributed by atoms with Crippen molar-refractivity contribution in [3.8, 4) is 0 Å². The number of hydrogen-bond donors (Lipinski definition) is 1. The van der Waals surface area contributed by atoms with Crippen molar-refractivity contribution in [1.82, 2.24) is 0 Å². The monoisotopic (exact) mass is 452 g/mol. The van der Waals surface area contributed by atoms with Gasteiger partial charge < -0.3 is 14.3 Å². The van der Waals surface area contributed by atoms with E-state index in [4.69, 9.17) is 9.15 Å². The number of thiophene rings is 1. The number of hydrogen-bond acceptors (Lipinski definition) is 5. The lowest BCUT2D eigenvalue weighted by molar-refractivity contribution is -0.984. The normalized spacial score (nSPS) is 26.5. The molecule has 3 aliphatic rings. The third kappa shape index (κ3) is 3.91. The van der Waals surface area contributed by atoms with Crippen LogP contribution in [0.3, 0.4) is 0 Å². The molecule has 2 unspecified atom stereocenters. The molecule has 0 radical (unpaired) electrons. The number of benzene rings is 1. The van der Waals surface area contributed by atoms with Crippen LogP contribution in [0.1, 0.15) is 41.9 Å². The summed E-state index contributed by atoms with van der Waals surface area (Å²) in [4.78, 5) is 15.0. The number of carbonyl (C=O) groups is 1. The van der Waals surface area contributed by atoms with Gasteiger partial charge in [-0.1, -0.05) is 36.4 Å². The minimum atomic E-state index is -1.95. The first-order chi connectivity index (χ1) is 15.6. The lowest BCUT2D eigenvalue weighted by Crippen LogP contribution is -2.66. The van der Waals surface area contributed by atoms with Gasteiger partial charge in [0.1, 0.15) is 0 Å². The van der Waals surface area contributed by atoms with E-state index in [1.165, 1.54) is 24.0 Å². The maximum absolute atomic E-state index is 13.6. The minimum absolute atomic E-state index is 0.189. The predicted molar refractivity (Wildman–Crippen MR) is 123 cm³/mol. The first kappa shape index (κ1) is 21.4. The second kappa shape index (κ2) is 8.85. The van der Waals surface area contributed by atoms with Crippen LogP contribution in [-0.4, -0.2) is 41.4 Å². The summed E-state index contributed by atoms with van der Waals surface area (Å²) in [5, 5.41) is 13.7. The Labute approximate surface area is 192 Å². The third-order valence-electron chi connectivity index (χ3n) is 7.33. The van der Waals surface area contributed by atoms with Crippen molar-refractivity contribution in [3.05, 3.63) is 82.4 Å². The van der Waals surface area contributed by atoms with E-state index in [0.29, 0.717) is 11.5 Å². The number of aryl methyl sites for hydroxylation is 1. The van der Waals surface area contributed by atoms with Crippen LogP contribution in [-0.2, 0) is 21.6 Å². The molecular weight excluding hydrogens is 422 g/mol. The second-order valence-electron chi connectivity index (χ2n) is 9.17. The molecule has 3 fully saturated rings. The van der Waals surface area contributed by atoms with Crippen LogP contribution in [0.5, 0.6) is 0 Å². The Balaban J connectivity index is 1.37. The molecule has 6 rings (SSSR count). The lowest BCUT2D eigenvalue weighted by Gasteiger charge is -2.53. The van der Waals surface area contributed by atoms with Crippen molar-refractivity contribution < 1.29 is 23.5 Å². The highest BCUT2D eigenvalue weighted by molar-refractivity contribution is 7.09. The van der Waals surface area contributed by atoms with Gasteiger partial charge in [-0.2, -0.15) is 0 Å². The van der Waals surface area contributed by atoms with Crippen LogP contribution in [0.25, 0.3) is 0 Å². The standard InChI is InChI=1S/C26H30NO4S/c28-25(26(29,23-11-5-17-30-23)21-7-2-1-3-8-21)31-24-19-20-12-15-27(24,16-13-20)14-4-9-22-10-6-18-32-22/h1-3,5-8,10-11,17-18,20,24,29H,4,9,12-16,19H2/q+1. The van der Waals surface area contributed by atoms with E-state index in [-0.39, 0.29) is 12.0 Å². The highest BCUT2D eigenvalue weighted by Gasteiger charge is 2.52. The predicted octanol–water partition coefficient (Wildman–Crippen LogP) is 4.71. The SMILES string of the molecule is O=C(OC1CC2CC[N+]1(CCCc1cccs1)CC2)C(O)(c1ccccc1)c1ccco1. The maximum atomic E-state index is 13.6. The molecule has 1 aromatic carbocycles. The van der Waals surface area contributed by atoms with E-state index >= 15 is 0 Å². The van der Waals surface area contributed by atoms with Crippen molar-refractivity contribution in [2.24, 2.45) is 5.92 Å². The van der Waals surface area contributed by atoms with Crippen molar-refractivity contribution in [3.63, 3.8) is 0 Å². The van der Waals surface area contributed by atoms with Crippen molar-refractivity contribution in [1.29, 1.82) is 0 Å². The number of fused-ring (bicyclic) bond motifs is 3. The van der Waals surface area contributed by atoms with Crippen LogP contribution >= 0.6 is 11.3 Å². The molecule has 2 atom stereocenters. The molecule has 0 saturated carbocycles. The van der Waals surface area contributed by atoms with Gasteiger partial charge in [0.05, 0.1) is 25.9 Å². The fourth-order valence-corrected chi connectivity index (χ4v) is 6.20. The summed E-state index contributed by atoms with van der Waals surface area (Å²) in [7, 11) is 0. The van der Waals surface area contributed by atoms with E-state index in [1.54, 1.807) is 47.7 Å². The van der Waals surface area contributed by atoms with Gasteiger partial charge in [-0.25, -0.2) is 4.79 Å². The molecule has 5 nitrogen and oxygen atoms in total. The molecule has 3 aromatic rings. The Morgan fingerprint density at radius 3 is 2.62 bits per heavy atom. The minimum Gasteiger partial charge on any atom is -0.465 e. The summed E-state index contributed by atoms with van der Waals surface area (Å²) in [6, 6.07) is 16.6. The van der Waals surface area contributed by atoms with Gasteiger partial charge in [0, 0.05) is 36.1 Å². The smallest absolute Gasteiger partial charge is 0.355 e. The van der Waals surface area contributed by atoms with Gasteiger partial charge in [-0.05, 0) is 35.9 Å². The molecule has 0 spiro atoms. The van der Waals surface area contributed by atoms with Crippen LogP contribution in [0.2, 0.25) is 0 Å². The largest absolute Gasteiger partial charge is 0.465 e. The molecule has 3 saturated heterocycles. The molecular formula is C26H30NO4S+. The third-order valence-corrected chi connectivity index (χ3v) is 8.26. The lowest BCUT2D eigenvalue weighted by atomic mass is 9.83. The molecule has 3 aliphatic heterocycles. The van der Waals surface area contributed by atoms with Gasteiger partial charge in [0.2, 0.25) is 11.8 Å². The number of quaternary nitrogens is 1. The summed E-state index contributed by atoms with van der Waals surface area (Å²) in [6.07, 6.45) is 6.63. The first-order valence-electron chi connectivity index (χ1n) is 11.5. The molecule has 0 amide bonds. The summed E-state index contributed by atoms with van der Waals surface area (Å²) >= 11 is 1.80. The molecule has 32 heavy (non-hydrogen) atoms. The fraction of sp³-hybridized carbons (Fsp3) is 0.423. The number of nitrogens with zero attached hydrogens (tertiary/aromatic N) is 1. The summed E-state index contributed by atoms with van der Waals surface area (Å²) in [6.45, 7) is 3.07. The van der Waals surface area contributed by atoms with Crippen LogP contribution < -0.4 is 0 Å². The highest BCUT2D eigenvalue weighted by atomic mass is 32.1. The number of esters is 1. The molecule has 5 heterocycles. The molecule has 168 valence electrons. The molecule has 1 N–H and O–H groups in total. The Morgan fingerprint density at radius 2 is 1.94 bits per heavy atom. The van der Waals surface area contributed by atoms with Gasteiger partial charge in [-0.3, -0.25) is 4.48 Å². The molecule has 2 aromatic heterocycles. The molecule has 0 aliphatic carbocycles. The summed E-state index contributed by atoms with van der Waals surface area (Å²) < 4.78 is 12.5. The zero-order valence-electron chi connectivity index (χ0n) is 18.2. The number of aliphatic hydroxyl groups is 1. The first-order valence-corrected chi connectivity index (χ1v) is 12.4. The number of furan rings is 1.